The van der Waals surface area contributed by atoms with Crippen molar-refractivity contribution in [1.82, 2.24) is 9.97 Å². The molecule has 0 saturated heterocycles. The molecule has 130 valence electrons. The molecule has 2 heterocycles. The Morgan fingerprint density at radius 3 is 2.69 bits per heavy atom. The van der Waals surface area contributed by atoms with Gasteiger partial charge in [0.15, 0.2) is 11.5 Å². The zero-order chi connectivity index (χ0) is 18.1. The Bertz CT molecular complexity index is 1090. The summed E-state index contributed by atoms with van der Waals surface area (Å²) in [7, 11) is 1.55. The van der Waals surface area contributed by atoms with Crippen LogP contribution in [-0.4, -0.2) is 28.4 Å². The van der Waals surface area contributed by atoms with E-state index in [9.17, 15) is 5.11 Å². The number of benzene rings is 2. The summed E-state index contributed by atoms with van der Waals surface area (Å²) >= 11 is 1.73. The second-order valence-electron chi connectivity index (χ2n) is 5.91. The van der Waals surface area contributed by atoms with Gasteiger partial charge in [-0.05, 0) is 41.6 Å². The maximum absolute atomic E-state index is 9.82. The Labute approximate surface area is 155 Å². The molecule has 0 spiro atoms. The summed E-state index contributed by atoms with van der Waals surface area (Å²) in [6, 6.07) is 15.8. The molecule has 0 aliphatic heterocycles. The molecule has 0 aliphatic carbocycles. The Morgan fingerprint density at radius 2 is 1.88 bits per heavy atom. The third-order valence-corrected chi connectivity index (χ3v) is 5.24. The van der Waals surface area contributed by atoms with Crippen molar-refractivity contribution in [3.8, 4) is 33.8 Å². The quantitative estimate of drug-likeness (QED) is 0.482. The highest BCUT2D eigenvalue weighted by atomic mass is 32.2. The number of aromatic hydroxyl groups is 1. The van der Waals surface area contributed by atoms with Gasteiger partial charge in [-0.1, -0.05) is 24.3 Å². The van der Waals surface area contributed by atoms with Crippen LogP contribution in [-0.2, 0) is 0 Å². The van der Waals surface area contributed by atoms with Gasteiger partial charge in [0.05, 0.1) is 7.11 Å². The Balaban J connectivity index is 1.88. The lowest BCUT2D eigenvalue weighted by atomic mass is 10.0. The van der Waals surface area contributed by atoms with Crippen molar-refractivity contribution in [3.63, 3.8) is 0 Å². The van der Waals surface area contributed by atoms with E-state index < -0.39 is 0 Å². The molecule has 4 aromatic rings. The van der Waals surface area contributed by atoms with E-state index in [0.29, 0.717) is 5.75 Å². The molecular formula is C21H18N2O2S. The molecule has 2 aromatic carbocycles. The third kappa shape index (κ3) is 2.80. The van der Waals surface area contributed by atoms with Gasteiger partial charge in [-0.25, -0.2) is 4.98 Å². The summed E-state index contributed by atoms with van der Waals surface area (Å²) in [4.78, 5) is 9.06. The molecule has 0 atom stereocenters. The molecule has 0 radical (unpaired) electrons. The van der Waals surface area contributed by atoms with E-state index in [1.54, 1.807) is 24.9 Å². The minimum atomic E-state index is 0.126. The average molecular weight is 362 g/mol. The van der Waals surface area contributed by atoms with E-state index in [-0.39, 0.29) is 5.75 Å². The second-order valence-corrected chi connectivity index (χ2v) is 6.76. The van der Waals surface area contributed by atoms with Gasteiger partial charge >= 0.3 is 0 Å². The van der Waals surface area contributed by atoms with Crippen LogP contribution in [0.2, 0.25) is 0 Å². The Kier molecular flexibility index (Phi) is 4.31. The highest BCUT2D eigenvalue weighted by Crippen LogP contribution is 2.37. The maximum atomic E-state index is 9.82. The number of hydrogen-bond acceptors (Lipinski definition) is 4. The minimum absolute atomic E-state index is 0.126. The summed E-state index contributed by atoms with van der Waals surface area (Å²) in [6.45, 7) is 0. The number of aromatic nitrogens is 2. The number of ether oxygens (including phenoxy) is 1. The molecular weight excluding hydrogens is 344 g/mol. The van der Waals surface area contributed by atoms with Crippen molar-refractivity contribution in [2.45, 2.75) is 4.90 Å². The summed E-state index contributed by atoms with van der Waals surface area (Å²) in [5.74, 6) is 0.575. The van der Waals surface area contributed by atoms with E-state index in [2.05, 4.69) is 46.6 Å². The number of phenols is 1. The molecule has 0 bridgehead atoms. The Morgan fingerprint density at radius 1 is 1.04 bits per heavy atom. The lowest BCUT2D eigenvalue weighted by molar-refractivity contribution is 0.373. The van der Waals surface area contributed by atoms with Crippen molar-refractivity contribution in [2.75, 3.05) is 13.4 Å². The lowest BCUT2D eigenvalue weighted by Gasteiger charge is -2.08. The molecule has 4 rings (SSSR count). The first-order valence-electron chi connectivity index (χ1n) is 8.19. The number of methoxy groups -OCH3 is 1. The van der Waals surface area contributed by atoms with E-state index in [1.165, 1.54) is 10.5 Å². The van der Waals surface area contributed by atoms with E-state index in [4.69, 9.17) is 4.74 Å². The van der Waals surface area contributed by atoms with Gasteiger partial charge in [-0.3, -0.25) is 0 Å². The number of thioether (sulfide) groups is 1. The van der Waals surface area contributed by atoms with Crippen molar-refractivity contribution in [3.05, 3.63) is 60.9 Å². The summed E-state index contributed by atoms with van der Waals surface area (Å²) in [5, 5.41) is 10.9. The van der Waals surface area contributed by atoms with Crippen LogP contribution in [0.3, 0.4) is 0 Å². The van der Waals surface area contributed by atoms with Gasteiger partial charge in [-0.2, -0.15) is 0 Å². The monoisotopic (exact) mass is 362 g/mol. The number of rotatable bonds is 4. The van der Waals surface area contributed by atoms with Crippen LogP contribution in [0.1, 0.15) is 0 Å². The minimum Gasteiger partial charge on any atom is -0.504 e. The number of H-pyrrole nitrogens is 1. The predicted molar refractivity (Wildman–Crippen MR) is 107 cm³/mol. The normalized spacial score (nSPS) is 11.0. The summed E-state index contributed by atoms with van der Waals surface area (Å²) in [5.41, 5.74) is 5.08. The molecule has 0 amide bonds. The van der Waals surface area contributed by atoms with Crippen LogP contribution in [0.4, 0.5) is 0 Å². The van der Waals surface area contributed by atoms with Gasteiger partial charge < -0.3 is 14.8 Å². The zero-order valence-corrected chi connectivity index (χ0v) is 15.3. The van der Waals surface area contributed by atoms with Crippen LogP contribution in [0.15, 0.2) is 65.8 Å². The molecule has 2 aromatic heterocycles. The highest BCUT2D eigenvalue weighted by molar-refractivity contribution is 7.98. The van der Waals surface area contributed by atoms with E-state index >= 15 is 0 Å². The molecule has 0 saturated carbocycles. The van der Waals surface area contributed by atoms with Crippen LogP contribution in [0, 0.1) is 0 Å². The Hall–Kier alpha value is -2.92. The van der Waals surface area contributed by atoms with Gasteiger partial charge in [0.25, 0.3) is 0 Å². The molecule has 0 aliphatic rings. The number of hydrogen-bond donors (Lipinski definition) is 2. The van der Waals surface area contributed by atoms with Crippen LogP contribution < -0.4 is 4.74 Å². The zero-order valence-electron chi connectivity index (χ0n) is 14.5. The topological polar surface area (TPSA) is 58.1 Å². The first-order valence-corrected chi connectivity index (χ1v) is 9.41. The lowest BCUT2D eigenvalue weighted by Crippen LogP contribution is -1.87. The number of nitrogens with zero attached hydrogens (tertiary/aromatic N) is 1. The first-order chi connectivity index (χ1) is 12.7. The molecule has 4 nitrogen and oxygen atoms in total. The van der Waals surface area contributed by atoms with Crippen molar-refractivity contribution in [2.24, 2.45) is 0 Å². The SMILES string of the molecule is COc1cc(-c2cnc3[nH]cc(-c4ccccc4SC)c3c2)ccc1O. The molecule has 5 heteroatoms. The number of phenolic OH excluding ortho intramolecular Hbond substituents is 1. The van der Waals surface area contributed by atoms with E-state index in [0.717, 1.165) is 27.7 Å². The molecule has 2 N–H and O–H groups in total. The second kappa shape index (κ2) is 6.77. The predicted octanol–water partition coefficient (Wildman–Crippen LogP) is 5.33. The fraction of sp³-hybridized carbons (Fsp3) is 0.0952. The fourth-order valence-electron chi connectivity index (χ4n) is 3.11. The van der Waals surface area contributed by atoms with Crippen molar-refractivity contribution in [1.29, 1.82) is 0 Å². The van der Waals surface area contributed by atoms with Crippen LogP contribution in [0.25, 0.3) is 33.3 Å². The number of nitrogens with one attached hydrogen (secondary N) is 1. The van der Waals surface area contributed by atoms with Crippen molar-refractivity contribution >= 4 is 22.8 Å². The van der Waals surface area contributed by atoms with Crippen molar-refractivity contribution < 1.29 is 9.84 Å². The molecule has 0 unspecified atom stereocenters. The number of aromatic amines is 1. The largest absolute Gasteiger partial charge is 0.504 e. The number of fused-ring (bicyclic) bond motifs is 1. The highest BCUT2D eigenvalue weighted by Gasteiger charge is 2.12. The first kappa shape index (κ1) is 16.5. The maximum Gasteiger partial charge on any atom is 0.161 e. The average Bonchev–Trinajstić information content (AvgIpc) is 3.11. The van der Waals surface area contributed by atoms with Gasteiger partial charge in [-0.15, -0.1) is 11.8 Å². The molecule has 26 heavy (non-hydrogen) atoms. The summed E-state index contributed by atoms with van der Waals surface area (Å²) in [6.07, 6.45) is 5.92. The summed E-state index contributed by atoms with van der Waals surface area (Å²) < 4.78 is 5.22. The van der Waals surface area contributed by atoms with Gasteiger partial charge in [0.2, 0.25) is 0 Å². The van der Waals surface area contributed by atoms with Crippen LogP contribution >= 0.6 is 11.8 Å². The molecule has 0 fully saturated rings. The smallest absolute Gasteiger partial charge is 0.161 e. The van der Waals surface area contributed by atoms with Gasteiger partial charge in [0.1, 0.15) is 5.65 Å². The third-order valence-electron chi connectivity index (χ3n) is 4.44. The van der Waals surface area contributed by atoms with Gasteiger partial charge in [0, 0.05) is 33.8 Å². The number of pyridine rings is 1. The fourth-order valence-corrected chi connectivity index (χ4v) is 3.72. The van der Waals surface area contributed by atoms with E-state index in [1.807, 2.05) is 24.5 Å². The standard InChI is InChI=1S/C21H18N2O2S/c1-25-19-10-13(7-8-18(19)24)14-9-16-17(12-23-21(16)22-11-14)15-5-3-4-6-20(15)26-2/h3-12,24H,1-2H3,(H,22,23). The van der Waals surface area contributed by atoms with Crippen LogP contribution in [0.5, 0.6) is 11.5 Å².